The number of benzene rings is 1. The van der Waals surface area contributed by atoms with Crippen molar-refractivity contribution >= 4 is 5.91 Å². The van der Waals surface area contributed by atoms with Crippen LogP contribution >= 0.6 is 0 Å². The van der Waals surface area contributed by atoms with Gasteiger partial charge in [0.2, 0.25) is 5.91 Å². The average Bonchev–Trinajstić information content (AvgIpc) is 2.82. The third kappa shape index (κ3) is 4.63. The molecule has 1 saturated carbocycles. The summed E-state index contributed by atoms with van der Waals surface area (Å²) in [5.74, 6) is -0.552. The van der Waals surface area contributed by atoms with Crippen molar-refractivity contribution in [3.05, 3.63) is 29.8 Å². The SMILES string of the molecule is NC1CCCC1C(=O)NCc1ccc(OC(F)(F)F)cc1. The van der Waals surface area contributed by atoms with E-state index in [1.165, 1.54) is 24.3 Å². The van der Waals surface area contributed by atoms with Crippen LogP contribution in [0.2, 0.25) is 0 Å². The van der Waals surface area contributed by atoms with Crippen molar-refractivity contribution in [2.75, 3.05) is 0 Å². The van der Waals surface area contributed by atoms with Gasteiger partial charge in [0.05, 0.1) is 5.92 Å². The summed E-state index contributed by atoms with van der Waals surface area (Å²) in [4.78, 5) is 11.9. The molecule has 2 rings (SSSR count). The van der Waals surface area contributed by atoms with Crippen LogP contribution in [0.5, 0.6) is 5.75 Å². The minimum Gasteiger partial charge on any atom is -0.406 e. The van der Waals surface area contributed by atoms with Crippen molar-refractivity contribution in [2.45, 2.75) is 38.2 Å². The lowest BCUT2D eigenvalue weighted by atomic mass is 10.0. The summed E-state index contributed by atoms with van der Waals surface area (Å²) in [7, 11) is 0. The van der Waals surface area contributed by atoms with E-state index in [4.69, 9.17) is 5.73 Å². The second-order valence-corrected chi connectivity index (χ2v) is 5.11. The van der Waals surface area contributed by atoms with Gasteiger partial charge < -0.3 is 15.8 Å². The summed E-state index contributed by atoms with van der Waals surface area (Å²) < 4.78 is 39.8. The summed E-state index contributed by atoms with van der Waals surface area (Å²) in [6, 6.07) is 5.30. The molecule has 1 aliphatic rings. The Hall–Kier alpha value is -1.76. The zero-order valence-electron chi connectivity index (χ0n) is 11.3. The third-order valence-corrected chi connectivity index (χ3v) is 3.53. The molecule has 0 aromatic heterocycles. The molecule has 2 atom stereocenters. The Labute approximate surface area is 120 Å². The number of nitrogens with one attached hydrogen (secondary N) is 1. The van der Waals surface area contributed by atoms with E-state index in [1.807, 2.05) is 0 Å². The first kappa shape index (κ1) is 15.6. The van der Waals surface area contributed by atoms with Gasteiger partial charge in [-0.05, 0) is 30.5 Å². The van der Waals surface area contributed by atoms with Crippen LogP contribution in [0.1, 0.15) is 24.8 Å². The van der Waals surface area contributed by atoms with Gasteiger partial charge in [-0.3, -0.25) is 4.79 Å². The van der Waals surface area contributed by atoms with Gasteiger partial charge in [-0.15, -0.1) is 13.2 Å². The van der Waals surface area contributed by atoms with E-state index < -0.39 is 6.36 Å². The Bertz CT molecular complexity index is 488. The van der Waals surface area contributed by atoms with Crippen LogP contribution in [0.15, 0.2) is 24.3 Å². The molecule has 0 radical (unpaired) electrons. The number of rotatable bonds is 4. The molecular weight excluding hydrogens is 285 g/mol. The molecule has 0 spiro atoms. The van der Waals surface area contributed by atoms with E-state index >= 15 is 0 Å². The maximum Gasteiger partial charge on any atom is 0.573 e. The van der Waals surface area contributed by atoms with Crippen LogP contribution in [0.3, 0.4) is 0 Å². The topological polar surface area (TPSA) is 64.4 Å². The van der Waals surface area contributed by atoms with E-state index in [0.29, 0.717) is 5.56 Å². The van der Waals surface area contributed by atoms with Crippen LogP contribution in [0.25, 0.3) is 0 Å². The normalized spacial score (nSPS) is 22.1. The highest BCUT2D eigenvalue weighted by Crippen LogP contribution is 2.24. The van der Waals surface area contributed by atoms with E-state index in [9.17, 15) is 18.0 Å². The molecule has 1 fully saturated rings. The maximum atomic E-state index is 12.0. The number of halogens is 3. The minimum absolute atomic E-state index is 0.101. The third-order valence-electron chi connectivity index (χ3n) is 3.53. The van der Waals surface area contributed by atoms with Crippen molar-refractivity contribution in [1.82, 2.24) is 5.32 Å². The first-order valence-corrected chi connectivity index (χ1v) is 6.73. The summed E-state index contributed by atoms with van der Waals surface area (Å²) >= 11 is 0. The molecule has 7 heteroatoms. The lowest BCUT2D eigenvalue weighted by molar-refractivity contribution is -0.274. The predicted octanol–water partition coefficient (Wildman–Crippen LogP) is 2.33. The van der Waals surface area contributed by atoms with Crippen molar-refractivity contribution in [1.29, 1.82) is 0 Å². The van der Waals surface area contributed by atoms with Crippen molar-refractivity contribution < 1.29 is 22.7 Å². The first-order chi connectivity index (χ1) is 9.85. The van der Waals surface area contributed by atoms with E-state index in [0.717, 1.165) is 19.3 Å². The highest BCUT2D eigenvalue weighted by molar-refractivity contribution is 5.79. The molecule has 1 amide bonds. The van der Waals surface area contributed by atoms with Crippen LogP contribution in [-0.2, 0) is 11.3 Å². The van der Waals surface area contributed by atoms with Crippen molar-refractivity contribution in [2.24, 2.45) is 11.7 Å². The smallest absolute Gasteiger partial charge is 0.406 e. The highest BCUT2D eigenvalue weighted by atomic mass is 19.4. The summed E-state index contributed by atoms with van der Waals surface area (Å²) in [5.41, 5.74) is 6.54. The molecule has 116 valence electrons. The summed E-state index contributed by atoms with van der Waals surface area (Å²) in [5, 5.41) is 2.76. The number of ether oxygens (including phenoxy) is 1. The van der Waals surface area contributed by atoms with Crippen molar-refractivity contribution in [3.8, 4) is 5.75 Å². The molecule has 0 bridgehead atoms. The van der Waals surface area contributed by atoms with Gasteiger partial charge in [0.25, 0.3) is 0 Å². The standard InChI is InChI=1S/C14H17F3N2O2/c15-14(16,17)21-10-6-4-9(5-7-10)8-19-13(20)11-2-1-3-12(11)18/h4-7,11-12H,1-3,8,18H2,(H,19,20). The van der Waals surface area contributed by atoms with E-state index in [2.05, 4.69) is 10.1 Å². The number of hydrogen-bond donors (Lipinski definition) is 2. The molecule has 2 unspecified atom stereocenters. The van der Waals surface area contributed by atoms with Gasteiger partial charge in [-0.1, -0.05) is 18.6 Å². The molecule has 1 aliphatic carbocycles. The molecular formula is C14H17F3N2O2. The summed E-state index contributed by atoms with van der Waals surface area (Å²) in [6.07, 6.45) is -2.12. The van der Waals surface area contributed by atoms with Gasteiger partial charge in [0, 0.05) is 12.6 Å². The maximum absolute atomic E-state index is 12.0. The second kappa shape index (κ2) is 6.34. The van der Waals surface area contributed by atoms with Gasteiger partial charge in [0.1, 0.15) is 5.75 Å². The van der Waals surface area contributed by atoms with Gasteiger partial charge in [0.15, 0.2) is 0 Å². The zero-order valence-corrected chi connectivity index (χ0v) is 11.3. The minimum atomic E-state index is -4.70. The zero-order chi connectivity index (χ0) is 15.5. The highest BCUT2D eigenvalue weighted by Gasteiger charge is 2.31. The van der Waals surface area contributed by atoms with Crippen LogP contribution in [-0.4, -0.2) is 18.3 Å². The fourth-order valence-electron chi connectivity index (χ4n) is 2.44. The lowest BCUT2D eigenvalue weighted by Crippen LogP contribution is -2.38. The van der Waals surface area contributed by atoms with Crippen LogP contribution < -0.4 is 15.8 Å². The second-order valence-electron chi connectivity index (χ2n) is 5.11. The number of amides is 1. The molecule has 0 aliphatic heterocycles. The largest absolute Gasteiger partial charge is 0.573 e. The molecule has 4 nitrogen and oxygen atoms in total. The molecule has 0 saturated heterocycles. The number of nitrogens with two attached hydrogens (primary N) is 1. The Kier molecular flexibility index (Phi) is 4.72. The quantitative estimate of drug-likeness (QED) is 0.897. The Morgan fingerprint density at radius 2 is 1.95 bits per heavy atom. The molecule has 3 N–H and O–H groups in total. The average molecular weight is 302 g/mol. The number of carbonyl (C=O) groups excluding carboxylic acids is 1. The molecule has 0 heterocycles. The monoisotopic (exact) mass is 302 g/mol. The number of alkyl halides is 3. The number of hydrogen-bond acceptors (Lipinski definition) is 3. The summed E-state index contributed by atoms with van der Waals surface area (Å²) in [6.45, 7) is 0.258. The van der Waals surface area contributed by atoms with E-state index in [-0.39, 0.29) is 30.2 Å². The molecule has 21 heavy (non-hydrogen) atoms. The fourth-order valence-corrected chi connectivity index (χ4v) is 2.44. The predicted molar refractivity (Wildman–Crippen MR) is 70.3 cm³/mol. The van der Waals surface area contributed by atoms with Gasteiger partial charge >= 0.3 is 6.36 Å². The Balaban J connectivity index is 1.85. The Morgan fingerprint density at radius 1 is 1.29 bits per heavy atom. The van der Waals surface area contributed by atoms with Crippen molar-refractivity contribution in [3.63, 3.8) is 0 Å². The van der Waals surface area contributed by atoms with Crippen LogP contribution in [0, 0.1) is 5.92 Å². The first-order valence-electron chi connectivity index (χ1n) is 6.73. The molecule has 1 aromatic rings. The van der Waals surface area contributed by atoms with Gasteiger partial charge in [-0.2, -0.15) is 0 Å². The molecule has 1 aromatic carbocycles. The van der Waals surface area contributed by atoms with Gasteiger partial charge in [-0.25, -0.2) is 0 Å². The Morgan fingerprint density at radius 3 is 2.48 bits per heavy atom. The van der Waals surface area contributed by atoms with E-state index in [1.54, 1.807) is 0 Å². The number of carbonyl (C=O) groups is 1. The fraction of sp³-hybridized carbons (Fsp3) is 0.500. The van der Waals surface area contributed by atoms with Crippen LogP contribution in [0.4, 0.5) is 13.2 Å². The lowest BCUT2D eigenvalue weighted by Gasteiger charge is -2.15.